The zero-order chi connectivity index (χ0) is 15.7. The normalized spacial score (nSPS) is 11.9. The quantitative estimate of drug-likeness (QED) is 0.560. The minimum atomic E-state index is -0.845. The van der Waals surface area contributed by atoms with Gasteiger partial charge in [-0.15, -0.1) is 23.7 Å². The van der Waals surface area contributed by atoms with Crippen molar-refractivity contribution in [1.29, 1.82) is 0 Å². The first-order chi connectivity index (χ1) is 10.5. The van der Waals surface area contributed by atoms with Gasteiger partial charge >= 0.3 is 5.97 Å². The molecule has 1 atom stereocenters. The molecule has 0 aliphatic rings. The number of aromatic nitrogens is 3. The Labute approximate surface area is 142 Å². The maximum Gasteiger partial charge on any atom is 0.305 e. The lowest BCUT2D eigenvalue weighted by molar-refractivity contribution is -0.137. The minimum absolute atomic E-state index is 0. The monoisotopic (exact) mass is 353 g/mol. The molecule has 3 rings (SSSR count). The van der Waals surface area contributed by atoms with Crippen molar-refractivity contribution < 1.29 is 9.90 Å². The number of hydrogen-bond donors (Lipinski definition) is 4. The Balaban J connectivity index is 0.00000192. The van der Waals surface area contributed by atoms with E-state index in [1.807, 2.05) is 19.1 Å². The highest BCUT2D eigenvalue weighted by Gasteiger charge is 2.14. The van der Waals surface area contributed by atoms with Crippen molar-refractivity contribution in [3.8, 4) is 10.6 Å². The van der Waals surface area contributed by atoms with Crippen molar-refractivity contribution in [2.24, 2.45) is 0 Å². The molecule has 0 fully saturated rings. The number of pyridine rings is 1. The standard InChI is InChI=1S/C14H15N5O2S.ClH/c1-7(4-13(20)21)17-10-6-12(15)18-9-5-11(22-14(9)10)8-2-3-16-19-8;/h2-3,5-7H,4H2,1H3,(H,16,19)(H,20,21)(H3,15,17,18);1H/t7-;/m0./s1. The number of rotatable bonds is 5. The van der Waals surface area contributed by atoms with Gasteiger partial charge in [0.25, 0.3) is 0 Å². The van der Waals surface area contributed by atoms with Crippen LogP contribution in [0.1, 0.15) is 13.3 Å². The Morgan fingerprint density at radius 1 is 1.52 bits per heavy atom. The predicted octanol–water partition coefficient (Wildman–Crippen LogP) is 2.97. The number of hydrogen-bond acceptors (Lipinski definition) is 6. The average Bonchev–Trinajstić information content (AvgIpc) is 3.04. The molecule has 122 valence electrons. The highest BCUT2D eigenvalue weighted by Crippen LogP contribution is 2.37. The summed E-state index contributed by atoms with van der Waals surface area (Å²) in [6.45, 7) is 1.82. The number of anilines is 2. The number of nitrogens with one attached hydrogen (secondary N) is 2. The van der Waals surface area contributed by atoms with E-state index in [4.69, 9.17) is 10.8 Å². The van der Waals surface area contributed by atoms with Crippen LogP contribution < -0.4 is 11.1 Å². The molecule has 3 aromatic rings. The summed E-state index contributed by atoms with van der Waals surface area (Å²) < 4.78 is 0.941. The third-order valence-electron chi connectivity index (χ3n) is 3.15. The summed E-state index contributed by atoms with van der Waals surface area (Å²) in [4.78, 5) is 16.1. The molecular formula is C14H16ClN5O2S. The third kappa shape index (κ3) is 3.72. The minimum Gasteiger partial charge on any atom is -0.481 e. The van der Waals surface area contributed by atoms with Gasteiger partial charge in [0.05, 0.1) is 32.9 Å². The number of halogens is 1. The molecule has 0 unspecified atom stereocenters. The molecule has 7 nitrogen and oxygen atoms in total. The molecule has 23 heavy (non-hydrogen) atoms. The number of carboxylic acids is 1. The van der Waals surface area contributed by atoms with Crippen molar-refractivity contribution in [3.05, 3.63) is 24.4 Å². The fourth-order valence-electron chi connectivity index (χ4n) is 2.25. The lowest BCUT2D eigenvalue weighted by atomic mass is 10.2. The number of nitrogens with two attached hydrogens (primary N) is 1. The van der Waals surface area contributed by atoms with Crippen LogP contribution in [0.4, 0.5) is 11.5 Å². The van der Waals surface area contributed by atoms with Crippen LogP contribution in [0.3, 0.4) is 0 Å². The zero-order valence-electron chi connectivity index (χ0n) is 12.2. The third-order valence-corrected chi connectivity index (χ3v) is 4.34. The predicted molar refractivity (Wildman–Crippen MR) is 94.2 cm³/mol. The van der Waals surface area contributed by atoms with Gasteiger partial charge in [-0.25, -0.2) is 4.98 Å². The molecule has 0 saturated heterocycles. The number of carboxylic acid groups (broad SMARTS) is 1. The highest BCUT2D eigenvalue weighted by molar-refractivity contribution is 7.22. The zero-order valence-corrected chi connectivity index (χ0v) is 13.9. The van der Waals surface area contributed by atoms with Crippen LogP contribution in [0.5, 0.6) is 0 Å². The van der Waals surface area contributed by atoms with E-state index < -0.39 is 5.97 Å². The Bertz CT molecular complexity index is 818. The van der Waals surface area contributed by atoms with Crippen molar-refractivity contribution in [3.63, 3.8) is 0 Å². The molecule has 0 aromatic carbocycles. The Hall–Kier alpha value is -2.32. The summed E-state index contributed by atoms with van der Waals surface area (Å²) >= 11 is 1.55. The first-order valence-corrected chi connectivity index (χ1v) is 7.52. The van der Waals surface area contributed by atoms with E-state index in [0.29, 0.717) is 5.82 Å². The van der Waals surface area contributed by atoms with Gasteiger partial charge in [-0.2, -0.15) is 5.10 Å². The van der Waals surface area contributed by atoms with E-state index in [2.05, 4.69) is 20.5 Å². The number of aromatic amines is 1. The number of carbonyl (C=O) groups is 1. The average molecular weight is 354 g/mol. The molecule has 9 heteroatoms. The van der Waals surface area contributed by atoms with Gasteiger partial charge in [-0.05, 0) is 19.1 Å². The second-order valence-electron chi connectivity index (χ2n) is 5.03. The molecule has 0 aliphatic carbocycles. The number of aliphatic carboxylic acids is 1. The Morgan fingerprint density at radius 3 is 2.96 bits per heavy atom. The van der Waals surface area contributed by atoms with E-state index >= 15 is 0 Å². The van der Waals surface area contributed by atoms with Gasteiger partial charge in [0.2, 0.25) is 0 Å². The van der Waals surface area contributed by atoms with Gasteiger partial charge in [0.1, 0.15) is 5.82 Å². The molecule has 3 heterocycles. The summed E-state index contributed by atoms with van der Waals surface area (Å²) in [5.74, 6) is -0.450. The number of nitrogens with zero attached hydrogens (tertiary/aromatic N) is 2. The smallest absolute Gasteiger partial charge is 0.305 e. The van der Waals surface area contributed by atoms with E-state index in [-0.39, 0.29) is 24.9 Å². The van der Waals surface area contributed by atoms with Gasteiger partial charge in [-0.1, -0.05) is 0 Å². The highest BCUT2D eigenvalue weighted by atomic mass is 35.5. The summed E-state index contributed by atoms with van der Waals surface area (Å²) in [5, 5.41) is 18.9. The number of fused-ring (bicyclic) bond motifs is 1. The molecule has 5 N–H and O–H groups in total. The topological polar surface area (TPSA) is 117 Å². The molecule has 0 saturated carbocycles. The first kappa shape index (κ1) is 17.0. The van der Waals surface area contributed by atoms with Crippen molar-refractivity contribution >= 4 is 51.4 Å². The molecule has 0 spiro atoms. The van der Waals surface area contributed by atoms with E-state index in [1.54, 1.807) is 23.6 Å². The summed E-state index contributed by atoms with van der Waals surface area (Å²) in [6, 6.07) is 5.35. The molecule has 3 aromatic heterocycles. The van der Waals surface area contributed by atoms with Crippen LogP contribution in [0.15, 0.2) is 24.4 Å². The summed E-state index contributed by atoms with van der Waals surface area (Å²) in [6.07, 6.45) is 1.72. The Morgan fingerprint density at radius 2 is 2.30 bits per heavy atom. The summed E-state index contributed by atoms with van der Waals surface area (Å²) in [5.41, 5.74) is 8.33. The van der Waals surface area contributed by atoms with Crippen LogP contribution in [-0.2, 0) is 4.79 Å². The largest absolute Gasteiger partial charge is 0.481 e. The SMILES string of the molecule is C[C@@H](CC(=O)O)Nc1cc(N)nc2cc(-c3ccn[nH]3)sc12.Cl. The van der Waals surface area contributed by atoms with Gasteiger partial charge in [0.15, 0.2) is 0 Å². The molecule has 0 radical (unpaired) electrons. The number of H-pyrrole nitrogens is 1. The second-order valence-corrected chi connectivity index (χ2v) is 6.09. The van der Waals surface area contributed by atoms with Crippen LogP contribution in [0, 0.1) is 0 Å². The van der Waals surface area contributed by atoms with E-state index in [9.17, 15) is 4.79 Å². The Kier molecular flexibility index (Phi) is 5.07. The van der Waals surface area contributed by atoms with Crippen molar-refractivity contribution in [2.45, 2.75) is 19.4 Å². The van der Waals surface area contributed by atoms with Crippen LogP contribution in [0.25, 0.3) is 20.8 Å². The fraction of sp³-hybridized carbons (Fsp3) is 0.214. The van der Waals surface area contributed by atoms with Crippen molar-refractivity contribution in [2.75, 3.05) is 11.1 Å². The van der Waals surface area contributed by atoms with Crippen LogP contribution in [-0.4, -0.2) is 32.3 Å². The molecule has 0 amide bonds. The fourth-order valence-corrected chi connectivity index (χ4v) is 3.30. The van der Waals surface area contributed by atoms with Crippen LogP contribution >= 0.6 is 23.7 Å². The molecular weight excluding hydrogens is 338 g/mol. The van der Waals surface area contributed by atoms with Gasteiger partial charge in [-0.3, -0.25) is 9.89 Å². The summed E-state index contributed by atoms with van der Waals surface area (Å²) in [7, 11) is 0. The van der Waals surface area contributed by atoms with Gasteiger partial charge < -0.3 is 16.2 Å². The molecule has 0 aliphatic heterocycles. The van der Waals surface area contributed by atoms with Crippen molar-refractivity contribution in [1.82, 2.24) is 15.2 Å². The number of thiophene rings is 1. The maximum absolute atomic E-state index is 10.8. The number of nitrogen functional groups attached to an aromatic ring is 1. The maximum atomic E-state index is 10.8. The lowest BCUT2D eigenvalue weighted by Crippen LogP contribution is -2.19. The van der Waals surface area contributed by atoms with Gasteiger partial charge in [0, 0.05) is 18.3 Å². The molecule has 0 bridgehead atoms. The van der Waals surface area contributed by atoms with E-state index in [1.165, 1.54) is 0 Å². The lowest BCUT2D eigenvalue weighted by Gasteiger charge is -2.14. The van der Waals surface area contributed by atoms with Crippen LogP contribution in [0.2, 0.25) is 0 Å². The second kappa shape index (κ2) is 6.84. The van der Waals surface area contributed by atoms with E-state index in [0.717, 1.165) is 26.5 Å². The first-order valence-electron chi connectivity index (χ1n) is 6.71.